The maximum absolute atomic E-state index is 12.6. The van der Waals surface area contributed by atoms with Gasteiger partial charge in [-0.05, 0) is 51.2 Å². The number of anilines is 1. The number of likely N-dealkylation sites (tertiary alicyclic amines) is 1. The van der Waals surface area contributed by atoms with Gasteiger partial charge in [-0.1, -0.05) is 11.3 Å². The van der Waals surface area contributed by atoms with E-state index < -0.39 is 0 Å². The topological polar surface area (TPSA) is 71.0 Å². The van der Waals surface area contributed by atoms with Crippen molar-refractivity contribution in [1.29, 1.82) is 0 Å². The first kappa shape index (κ1) is 18.0. The van der Waals surface area contributed by atoms with E-state index in [2.05, 4.69) is 27.2 Å². The van der Waals surface area contributed by atoms with Crippen LogP contribution >= 0.6 is 11.3 Å². The van der Waals surface area contributed by atoms with Crippen molar-refractivity contribution >= 4 is 33.2 Å². The zero-order chi connectivity index (χ0) is 18.8. The number of Topliss-reactive ketones (excluding diaryl/α,β-unsaturated/α-hetero) is 1. The quantitative estimate of drug-likeness (QED) is 0.732. The predicted octanol–water partition coefficient (Wildman–Crippen LogP) is 3.25. The molecule has 0 aromatic carbocycles. The Morgan fingerprint density at radius 3 is 2.81 bits per heavy atom. The lowest BCUT2D eigenvalue weighted by molar-refractivity contribution is -0.123. The number of aromatic nitrogens is 3. The number of piperidine rings is 1. The fraction of sp³-hybridized carbons (Fsp3) is 0.400. The first-order chi connectivity index (χ1) is 13.1. The van der Waals surface area contributed by atoms with Crippen LogP contribution in [0.4, 0.5) is 5.13 Å². The number of thiazole rings is 1. The largest absolute Gasteiger partial charge is 0.365 e. The molecule has 140 valence electrons. The fourth-order valence-corrected chi connectivity index (χ4v) is 4.19. The van der Waals surface area contributed by atoms with Gasteiger partial charge in [-0.3, -0.25) is 9.78 Å². The number of nitrogens with zero attached hydrogens (tertiary/aromatic N) is 4. The highest BCUT2D eigenvalue weighted by Gasteiger charge is 2.23. The number of carbonyl (C=O) groups excluding carboxylic acids is 1. The highest BCUT2D eigenvalue weighted by molar-refractivity contribution is 7.18. The van der Waals surface area contributed by atoms with Crippen molar-refractivity contribution in [3.8, 4) is 10.6 Å². The van der Waals surface area contributed by atoms with Gasteiger partial charge in [0.2, 0.25) is 0 Å². The second kappa shape index (κ2) is 7.70. The summed E-state index contributed by atoms with van der Waals surface area (Å²) in [5.74, 6) is 0.461. The minimum Gasteiger partial charge on any atom is -0.365 e. The third-order valence-corrected chi connectivity index (χ3v) is 6.17. The van der Waals surface area contributed by atoms with Gasteiger partial charge < -0.3 is 10.2 Å². The van der Waals surface area contributed by atoms with Gasteiger partial charge in [0.15, 0.2) is 5.13 Å². The average molecular weight is 382 g/mol. The molecule has 6 nitrogen and oxygen atoms in total. The van der Waals surface area contributed by atoms with Crippen molar-refractivity contribution in [2.75, 3.05) is 32.5 Å². The molecule has 0 spiro atoms. The Bertz CT molecular complexity index is 962. The van der Waals surface area contributed by atoms with Crippen molar-refractivity contribution in [2.24, 2.45) is 5.92 Å². The summed E-state index contributed by atoms with van der Waals surface area (Å²) in [6.45, 7) is 1.99. The van der Waals surface area contributed by atoms with Gasteiger partial charge in [-0.2, -0.15) is 0 Å². The van der Waals surface area contributed by atoms with Gasteiger partial charge in [-0.25, -0.2) is 9.97 Å². The molecule has 4 heterocycles. The first-order valence-electron chi connectivity index (χ1n) is 9.23. The third-order valence-electron chi connectivity index (χ3n) is 5.13. The molecule has 1 aliphatic rings. The molecular weight excluding hydrogens is 358 g/mol. The summed E-state index contributed by atoms with van der Waals surface area (Å²) in [4.78, 5) is 29.5. The Morgan fingerprint density at radius 2 is 2.07 bits per heavy atom. The zero-order valence-electron chi connectivity index (χ0n) is 15.6. The lowest BCUT2D eigenvalue weighted by atomic mass is 9.90. The van der Waals surface area contributed by atoms with E-state index in [1.165, 1.54) is 0 Å². The van der Waals surface area contributed by atoms with Crippen LogP contribution in [0.1, 0.15) is 18.5 Å². The van der Waals surface area contributed by atoms with E-state index in [4.69, 9.17) is 4.98 Å². The maximum atomic E-state index is 12.6. The molecule has 0 aliphatic carbocycles. The molecule has 27 heavy (non-hydrogen) atoms. The number of nitrogens with one attached hydrogen (secondary N) is 1. The Hall–Kier alpha value is -2.38. The van der Waals surface area contributed by atoms with Crippen LogP contribution in [0.5, 0.6) is 0 Å². The van der Waals surface area contributed by atoms with Crippen molar-refractivity contribution in [1.82, 2.24) is 19.9 Å². The van der Waals surface area contributed by atoms with Gasteiger partial charge in [0.1, 0.15) is 5.78 Å². The van der Waals surface area contributed by atoms with Gasteiger partial charge in [-0.15, -0.1) is 0 Å². The summed E-state index contributed by atoms with van der Waals surface area (Å²) >= 11 is 1.57. The molecule has 0 atom stereocenters. The van der Waals surface area contributed by atoms with Gasteiger partial charge in [0, 0.05) is 42.9 Å². The first-order valence-corrected chi connectivity index (χ1v) is 10.0. The van der Waals surface area contributed by atoms with Crippen molar-refractivity contribution in [3.63, 3.8) is 0 Å². The molecule has 0 bridgehead atoms. The predicted molar refractivity (Wildman–Crippen MR) is 109 cm³/mol. The number of hydrogen-bond donors (Lipinski definition) is 1. The zero-order valence-corrected chi connectivity index (χ0v) is 16.4. The molecule has 1 saturated heterocycles. The number of carbonyl (C=O) groups is 1. The van der Waals surface area contributed by atoms with Crippen LogP contribution in [0.25, 0.3) is 21.5 Å². The number of rotatable bonds is 5. The van der Waals surface area contributed by atoms with Crippen molar-refractivity contribution in [3.05, 3.63) is 36.3 Å². The Balaban J connectivity index is 1.54. The van der Waals surface area contributed by atoms with E-state index in [1.54, 1.807) is 11.3 Å². The van der Waals surface area contributed by atoms with E-state index in [0.29, 0.717) is 12.2 Å². The molecule has 0 saturated carbocycles. The number of ketones is 1. The minimum absolute atomic E-state index is 0.162. The van der Waals surface area contributed by atoms with Crippen molar-refractivity contribution in [2.45, 2.75) is 19.3 Å². The highest BCUT2D eigenvalue weighted by atomic mass is 32.1. The molecule has 4 rings (SSSR count). The lowest BCUT2D eigenvalue weighted by Gasteiger charge is -2.27. The van der Waals surface area contributed by atoms with E-state index in [0.717, 1.165) is 58.2 Å². The molecular formula is C20H23N5OS. The van der Waals surface area contributed by atoms with E-state index >= 15 is 0 Å². The molecule has 3 aromatic rings. The molecule has 0 unspecified atom stereocenters. The number of fused-ring (bicyclic) bond motifs is 1. The fourth-order valence-electron chi connectivity index (χ4n) is 3.45. The third kappa shape index (κ3) is 3.99. The van der Waals surface area contributed by atoms with Crippen molar-refractivity contribution < 1.29 is 4.79 Å². The highest BCUT2D eigenvalue weighted by Crippen LogP contribution is 2.28. The molecule has 0 amide bonds. The van der Waals surface area contributed by atoms with Crippen LogP contribution in [0.3, 0.4) is 0 Å². The van der Waals surface area contributed by atoms with Crippen LogP contribution in [0, 0.1) is 5.92 Å². The molecule has 3 aromatic heterocycles. The SMILES string of the molecule is CNc1ncc(-c2ccc3cnc(CC(=O)C4CCN(C)CC4)cc3n2)s1. The normalized spacial score (nSPS) is 15.9. The van der Waals surface area contributed by atoms with Gasteiger partial charge >= 0.3 is 0 Å². The summed E-state index contributed by atoms with van der Waals surface area (Å²) in [5.41, 5.74) is 2.56. The summed E-state index contributed by atoms with van der Waals surface area (Å²) in [5, 5.41) is 4.89. The van der Waals surface area contributed by atoms with Crippen LogP contribution in [0.2, 0.25) is 0 Å². The molecule has 1 fully saturated rings. The standard InChI is InChI=1S/C20H23N5OS/c1-21-20-23-12-19(27-20)16-4-3-14-11-22-15(9-17(14)24-16)10-18(26)13-5-7-25(2)8-6-13/h3-4,9,11-13H,5-8,10H2,1-2H3,(H,21,23). The van der Waals surface area contributed by atoms with Gasteiger partial charge in [0.05, 0.1) is 16.1 Å². The summed E-state index contributed by atoms with van der Waals surface area (Å²) < 4.78 is 0. The van der Waals surface area contributed by atoms with Crippen LogP contribution in [-0.4, -0.2) is 52.8 Å². The van der Waals surface area contributed by atoms with E-state index in [9.17, 15) is 4.79 Å². The summed E-state index contributed by atoms with van der Waals surface area (Å²) in [6, 6.07) is 5.96. The number of pyridine rings is 2. The van der Waals surface area contributed by atoms with Crippen LogP contribution in [-0.2, 0) is 11.2 Å². The Kier molecular flexibility index (Phi) is 5.13. The van der Waals surface area contributed by atoms with Crippen LogP contribution in [0.15, 0.2) is 30.6 Å². The van der Waals surface area contributed by atoms with Crippen LogP contribution < -0.4 is 5.32 Å². The smallest absolute Gasteiger partial charge is 0.182 e. The molecule has 7 heteroatoms. The maximum Gasteiger partial charge on any atom is 0.182 e. The van der Waals surface area contributed by atoms with E-state index in [-0.39, 0.29) is 5.92 Å². The minimum atomic E-state index is 0.162. The molecule has 1 aliphatic heterocycles. The summed E-state index contributed by atoms with van der Waals surface area (Å²) in [6.07, 6.45) is 5.93. The monoisotopic (exact) mass is 381 g/mol. The molecule has 0 radical (unpaired) electrons. The van der Waals surface area contributed by atoms with E-state index in [1.807, 2.05) is 37.6 Å². The van der Waals surface area contributed by atoms with Gasteiger partial charge in [0.25, 0.3) is 0 Å². The second-order valence-corrected chi connectivity index (χ2v) is 8.10. The summed E-state index contributed by atoms with van der Waals surface area (Å²) in [7, 11) is 3.97. The average Bonchev–Trinajstić information content (AvgIpc) is 3.17. The second-order valence-electron chi connectivity index (χ2n) is 7.07. The lowest BCUT2D eigenvalue weighted by Crippen LogP contribution is -2.34. The Morgan fingerprint density at radius 1 is 1.26 bits per heavy atom. The number of hydrogen-bond acceptors (Lipinski definition) is 7. The Labute approximate surface area is 162 Å². The molecule has 1 N–H and O–H groups in total.